The van der Waals surface area contributed by atoms with Gasteiger partial charge in [-0.05, 0) is 37.1 Å². The van der Waals surface area contributed by atoms with Gasteiger partial charge in [-0.15, -0.1) is 0 Å². The molecule has 0 spiro atoms. The Morgan fingerprint density at radius 3 is 2.40 bits per heavy atom. The summed E-state index contributed by atoms with van der Waals surface area (Å²) in [6.07, 6.45) is 0. The van der Waals surface area contributed by atoms with E-state index in [0.29, 0.717) is 0 Å². The molecule has 0 aliphatic rings. The van der Waals surface area contributed by atoms with Crippen molar-refractivity contribution in [3.8, 4) is 0 Å². The number of aryl methyl sites for hydroxylation is 2. The number of aliphatic hydroxyl groups is 1. The first-order valence-electron chi connectivity index (χ1n) is 4.86. The van der Waals surface area contributed by atoms with Gasteiger partial charge in [-0.2, -0.15) is 0 Å². The molecule has 0 aromatic heterocycles. The summed E-state index contributed by atoms with van der Waals surface area (Å²) in [6, 6.07) is 5.53. The molecule has 0 radical (unpaired) electrons. The van der Waals surface area contributed by atoms with E-state index in [1.165, 1.54) is 0 Å². The zero-order chi connectivity index (χ0) is 11.3. The van der Waals surface area contributed by atoms with Gasteiger partial charge in [0.1, 0.15) is 0 Å². The summed E-state index contributed by atoms with van der Waals surface area (Å²) in [5, 5.41) is 13.7. The second-order valence-electron chi connectivity index (χ2n) is 3.48. The van der Waals surface area contributed by atoms with E-state index in [0.717, 1.165) is 16.8 Å². The molecular weight excluding hydrogens is 192 g/mol. The lowest BCUT2D eigenvalue weighted by molar-refractivity contribution is 0.245. The Hall–Kier alpha value is -1.55. The number of carbonyl (C=O) groups is 1. The highest BCUT2D eigenvalue weighted by Gasteiger charge is 2.01. The summed E-state index contributed by atoms with van der Waals surface area (Å²) in [4.78, 5) is 11.3. The lowest BCUT2D eigenvalue weighted by Crippen LogP contribution is -2.30. The smallest absolute Gasteiger partial charge is 0.319 e. The Labute approximate surface area is 89.3 Å². The molecule has 15 heavy (non-hydrogen) atoms. The number of hydrogen-bond donors (Lipinski definition) is 3. The second-order valence-corrected chi connectivity index (χ2v) is 3.48. The molecule has 0 saturated carbocycles. The highest BCUT2D eigenvalue weighted by atomic mass is 16.3. The van der Waals surface area contributed by atoms with Crippen LogP contribution in [0.5, 0.6) is 0 Å². The van der Waals surface area contributed by atoms with Crippen molar-refractivity contribution in [2.24, 2.45) is 0 Å². The van der Waals surface area contributed by atoms with Crippen LogP contribution < -0.4 is 10.6 Å². The van der Waals surface area contributed by atoms with Crippen LogP contribution in [0.4, 0.5) is 10.5 Å². The molecule has 1 rings (SSSR count). The fourth-order valence-corrected chi connectivity index (χ4v) is 1.39. The largest absolute Gasteiger partial charge is 0.395 e. The number of carbonyl (C=O) groups excluding carboxylic acids is 1. The van der Waals surface area contributed by atoms with Gasteiger partial charge in [-0.1, -0.05) is 6.07 Å². The summed E-state index contributed by atoms with van der Waals surface area (Å²) in [5.74, 6) is 0. The van der Waals surface area contributed by atoms with Crippen molar-refractivity contribution in [3.05, 3.63) is 29.3 Å². The topological polar surface area (TPSA) is 61.4 Å². The third-order valence-electron chi connectivity index (χ3n) is 1.88. The molecule has 0 saturated heterocycles. The van der Waals surface area contributed by atoms with E-state index in [1.54, 1.807) is 0 Å². The van der Waals surface area contributed by atoms with E-state index in [4.69, 9.17) is 5.11 Å². The molecule has 0 aliphatic carbocycles. The SMILES string of the molecule is Cc1cc(C)cc(NC(=O)NCCO)c1. The maximum absolute atomic E-state index is 11.3. The van der Waals surface area contributed by atoms with Crippen LogP contribution in [0, 0.1) is 13.8 Å². The van der Waals surface area contributed by atoms with Crippen LogP contribution >= 0.6 is 0 Å². The van der Waals surface area contributed by atoms with Crippen molar-refractivity contribution in [1.82, 2.24) is 5.32 Å². The number of amides is 2. The van der Waals surface area contributed by atoms with Crippen molar-refractivity contribution in [2.45, 2.75) is 13.8 Å². The van der Waals surface area contributed by atoms with Crippen molar-refractivity contribution < 1.29 is 9.90 Å². The number of benzene rings is 1. The number of anilines is 1. The Balaban J connectivity index is 2.60. The molecule has 0 heterocycles. The van der Waals surface area contributed by atoms with Crippen LogP contribution in [0.15, 0.2) is 18.2 Å². The van der Waals surface area contributed by atoms with Crippen LogP contribution in [-0.2, 0) is 0 Å². The van der Waals surface area contributed by atoms with Gasteiger partial charge in [0.05, 0.1) is 6.61 Å². The highest BCUT2D eigenvalue weighted by Crippen LogP contribution is 2.13. The summed E-state index contributed by atoms with van der Waals surface area (Å²) in [5.41, 5.74) is 2.97. The molecular formula is C11H16N2O2. The first-order valence-corrected chi connectivity index (χ1v) is 4.86. The predicted molar refractivity (Wildman–Crippen MR) is 60.0 cm³/mol. The Kier molecular flexibility index (Phi) is 4.12. The number of aliphatic hydroxyl groups excluding tert-OH is 1. The minimum Gasteiger partial charge on any atom is -0.395 e. The summed E-state index contributed by atoms with van der Waals surface area (Å²) in [6.45, 7) is 4.16. The van der Waals surface area contributed by atoms with Gasteiger partial charge in [0.2, 0.25) is 0 Å². The normalized spacial score (nSPS) is 9.80. The van der Waals surface area contributed by atoms with Gasteiger partial charge in [0.15, 0.2) is 0 Å². The van der Waals surface area contributed by atoms with E-state index < -0.39 is 0 Å². The first-order chi connectivity index (χ1) is 7.11. The summed E-state index contributed by atoms with van der Waals surface area (Å²) >= 11 is 0. The molecule has 3 N–H and O–H groups in total. The van der Waals surface area contributed by atoms with E-state index in [9.17, 15) is 4.79 Å². The molecule has 4 nitrogen and oxygen atoms in total. The minimum atomic E-state index is -0.297. The van der Waals surface area contributed by atoms with Gasteiger partial charge >= 0.3 is 6.03 Å². The van der Waals surface area contributed by atoms with E-state index in [1.807, 2.05) is 32.0 Å². The van der Waals surface area contributed by atoms with Gasteiger partial charge in [0, 0.05) is 12.2 Å². The van der Waals surface area contributed by atoms with E-state index in [2.05, 4.69) is 10.6 Å². The third-order valence-corrected chi connectivity index (χ3v) is 1.88. The number of rotatable bonds is 3. The molecule has 1 aromatic carbocycles. The molecule has 0 aliphatic heterocycles. The number of nitrogens with one attached hydrogen (secondary N) is 2. The fourth-order valence-electron chi connectivity index (χ4n) is 1.39. The maximum atomic E-state index is 11.3. The van der Waals surface area contributed by atoms with Crippen molar-refractivity contribution in [3.63, 3.8) is 0 Å². The molecule has 1 aromatic rings. The molecule has 2 amide bonds. The van der Waals surface area contributed by atoms with Crippen LogP contribution in [0.2, 0.25) is 0 Å². The molecule has 0 bridgehead atoms. The summed E-state index contributed by atoms with van der Waals surface area (Å²) in [7, 11) is 0. The van der Waals surface area contributed by atoms with Gasteiger partial charge in [0.25, 0.3) is 0 Å². The number of urea groups is 1. The zero-order valence-electron chi connectivity index (χ0n) is 9.00. The lowest BCUT2D eigenvalue weighted by atomic mass is 10.1. The standard InChI is InChI=1S/C11H16N2O2/c1-8-5-9(2)7-10(6-8)13-11(15)12-3-4-14/h5-7,14H,3-4H2,1-2H3,(H2,12,13,15). The summed E-state index contributed by atoms with van der Waals surface area (Å²) < 4.78 is 0. The zero-order valence-corrected chi connectivity index (χ0v) is 9.00. The average molecular weight is 208 g/mol. The van der Waals surface area contributed by atoms with Crippen molar-refractivity contribution in [2.75, 3.05) is 18.5 Å². The quantitative estimate of drug-likeness (QED) is 0.703. The van der Waals surface area contributed by atoms with E-state index >= 15 is 0 Å². The molecule has 0 atom stereocenters. The van der Waals surface area contributed by atoms with Crippen LogP contribution in [-0.4, -0.2) is 24.3 Å². The Morgan fingerprint density at radius 2 is 1.87 bits per heavy atom. The second kappa shape index (κ2) is 5.36. The predicted octanol–water partition coefficient (Wildman–Crippen LogP) is 1.42. The van der Waals surface area contributed by atoms with Crippen LogP contribution in [0.25, 0.3) is 0 Å². The molecule has 82 valence electrons. The third kappa shape index (κ3) is 3.99. The monoisotopic (exact) mass is 208 g/mol. The van der Waals surface area contributed by atoms with Crippen molar-refractivity contribution >= 4 is 11.7 Å². The number of hydrogen-bond acceptors (Lipinski definition) is 2. The van der Waals surface area contributed by atoms with E-state index in [-0.39, 0.29) is 19.2 Å². The maximum Gasteiger partial charge on any atom is 0.319 e. The minimum absolute atomic E-state index is 0.0553. The Bertz CT molecular complexity index is 330. The van der Waals surface area contributed by atoms with Gasteiger partial charge < -0.3 is 15.7 Å². The van der Waals surface area contributed by atoms with Gasteiger partial charge in [-0.3, -0.25) is 0 Å². The van der Waals surface area contributed by atoms with Crippen molar-refractivity contribution in [1.29, 1.82) is 0 Å². The van der Waals surface area contributed by atoms with Crippen LogP contribution in [0.3, 0.4) is 0 Å². The lowest BCUT2D eigenvalue weighted by Gasteiger charge is -2.08. The molecule has 4 heteroatoms. The highest BCUT2D eigenvalue weighted by molar-refractivity contribution is 5.89. The fraction of sp³-hybridized carbons (Fsp3) is 0.364. The average Bonchev–Trinajstić information content (AvgIpc) is 2.13. The Morgan fingerprint density at radius 1 is 1.27 bits per heavy atom. The first kappa shape index (κ1) is 11.5. The van der Waals surface area contributed by atoms with Gasteiger partial charge in [-0.25, -0.2) is 4.79 Å². The molecule has 0 fully saturated rings. The molecule has 0 unspecified atom stereocenters. The van der Waals surface area contributed by atoms with Crippen LogP contribution in [0.1, 0.15) is 11.1 Å².